The summed E-state index contributed by atoms with van der Waals surface area (Å²) in [4.78, 5) is 35.7. The first-order valence-corrected chi connectivity index (χ1v) is 2.13. The molecule has 0 radical (unpaired) electrons. The summed E-state index contributed by atoms with van der Waals surface area (Å²) in [5.74, 6) is -8.74. The summed E-state index contributed by atoms with van der Waals surface area (Å²) in [6, 6.07) is 0. The average molecular weight is 246 g/mol. The molecule has 0 aliphatic carbocycles. The molecule has 0 unspecified atom stereocenters. The zero-order chi connectivity index (χ0) is 10.3. The number of aliphatic carboxylic acids is 4. The maximum atomic E-state index is 8.93. The molecule has 0 spiro atoms. The topological polar surface area (TPSA) is 161 Å². The Kier molecular flexibility index (Phi) is 31.3. The second kappa shape index (κ2) is 16.0. The van der Waals surface area contributed by atoms with Gasteiger partial charge in [0, 0.05) is 0 Å². The van der Waals surface area contributed by atoms with Crippen LogP contribution < -0.4 is 58.1 Å². The summed E-state index contributed by atoms with van der Waals surface area (Å²) < 4.78 is 0. The molecule has 11 heteroatoms. The third-order valence-electron chi connectivity index (χ3n) is 0.333. The summed E-state index contributed by atoms with van der Waals surface area (Å²) in [5, 5.41) is 35.7. The number of carboxylic acid groups (broad SMARTS) is 4. The molecule has 0 atom stereocenters. The Morgan fingerprint density at radius 2 is 0.600 bits per heavy atom. The van der Waals surface area contributed by atoms with Crippen LogP contribution in [0, 0.1) is 0 Å². The molecule has 0 aromatic heterocycles. The summed E-state index contributed by atoms with van der Waals surface area (Å²) in [6.07, 6.45) is 0. The summed E-state index contributed by atoms with van der Waals surface area (Å²) in [6.45, 7) is 0. The summed E-state index contributed by atoms with van der Waals surface area (Å²) >= 11 is 0. The Labute approximate surface area is 118 Å². The normalized spacial score (nSPS) is 5.87. The molecule has 0 saturated heterocycles. The minimum atomic E-state index is -2.19. The van der Waals surface area contributed by atoms with Crippen molar-refractivity contribution in [1.82, 2.24) is 0 Å². The average Bonchev–Trinajstić information content (AvgIpc) is 1.88. The van der Waals surface area contributed by atoms with Gasteiger partial charge in [-0.2, -0.15) is 0 Å². The van der Waals surface area contributed by atoms with E-state index in [1.165, 1.54) is 0 Å². The molecule has 0 rings (SSSR count). The van der Waals surface area contributed by atoms with Gasteiger partial charge in [-0.25, -0.2) is 0 Å². The molecule has 15 heavy (non-hydrogen) atoms. The second-order valence-corrected chi connectivity index (χ2v) is 1.15. The van der Waals surface area contributed by atoms with Crippen molar-refractivity contribution in [3.8, 4) is 0 Å². The van der Waals surface area contributed by atoms with Gasteiger partial charge in [-0.05, 0) is 0 Å². The van der Waals surface area contributed by atoms with E-state index in [0.29, 0.717) is 0 Å². The van der Waals surface area contributed by atoms with Crippen LogP contribution in [0.2, 0.25) is 0 Å². The van der Waals surface area contributed by atoms with Crippen LogP contribution in [0.25, 0.3) is 0 Å². The minimum Gasteiger partial charge on any atom is -0.543 e. The Hall–Kier alpha value is -0.406. The number of carbonyl (C=O) groups is 4. The van der Waals surface area contributed by atoms with Crippen LogP contribution in [0.5, 0.6) is 0 Å². The maximum absolute atomic E-state index is 8.93. The van der Waals surface area contributed by atoms with Gasteiger partial charge in [-0.3, -0.25) is 0 Å². The van der Waals surface area contributed by atoms with Gasteiger partial charge in [-0.15, -0.1) is 0 Å². The first-order valence-electron chi connectivity index (χ1n) is 2.13. The van der Waals surface area contributed by atoms with Crippen LogP contribution in [0.4, 0.5) is 0 Å². The number of hydrogen-bond acceptors (Lipinski definition) is 8. The molecule has 0 saturated carbocycles. The second-order valence-electron chi connectivity index (χ2n) is 1.15. The number of hydrogen-bond donors (Lipinski definition) is 0. The number of carboxylic acids is 4. The smallest absolute Gasteiger partial charge is 0.543 e. The summed E-state index contributed by atoms with van der Waals surface area (Å²) in [7, 11) is 0. The maximum Gasteiger partial charge on any atom is 2.00 e. The predicted octanol–water partition coefficient (Wildman–Crippen LogP) is -13.0. The van der Waals surface area contributed by atoms with Gasteiger partial charge in [0.05, 0.1) is 23.9 Å². The van der Waals surface area contributed by atoms with Crippen molar-refractivity contribution >= 4 is 23.9 Å². The molecule has 8 nitrogen and oxygen atoms in total. The van der Waals surface area contributed by atoms with Crippen LogP contribution in [-0.4, -0.2) is 23.9 Å². The van der Waals surface area contributed by atoms with Gasteiger partial charge in [0.15, 0.2) is 0 Å². The molecule has 74 valence electrons. The van der Waals surface area contributed by atoms with Gasteiger partial charge in [-0.1, -0.05) is 0 Å². The molecule has 0 aromatic carbocycles. The largest absolute Gasteiger partial charge is 2.00 e. The molecule has 0 N–H and O–H groups in total. The van der Waals surface area contributed by atoms with Gasteiger partial charge >= 0.3 is 54.8 Å². The quantitative estimate of drug-likeness (QED) is 0.300. The number of rotatable bonds is 0. The first kappa shape index (κ1) is 29.3. The predicted molar refractivity (Wildman–Crippen MR) is 20.0 cm³/mol. The Bertz CT molecular complexity index is 181. The molecule has 0 amide bonds. The van der Waals surface area contributed by atoms with Crippen molar-refractivity contribution in [2.24, 2.45) is 0 Å². The van der Waals surface area contributed by atoms with E-state index in [9.17, 15) is 0 Å². The van der Waals surface area contributed by atoms with E-state index < -0.39 is 23.9 Å². The van der Waals surface area contributed by atoms with E-state index in [2.05, 4.69) is 0 Å². The van der Waals surface area contributed by atoms with Crippen molar-refractivity contribution < 1.29 is 94.4 Å². The fourth-order valence-corrected chi connectivity index (χ4v) is 0. The number of carbonyl (C=O) groups excluding carboxylic acids is 4. The fraction of sp³-hybridized carbons (Fsp3) is 0. The van der Waals surface area contributed by atoms with E-state index >= 15 is 0 Å². The summed E-state index contributed by atoms with van der Waals surface area (Å²) in [5.41, 5.74) is 0. The Balaban J connectivity index is -0.0000000370. The monoisotopic (exact) mass is 246 g/mol. The molecular weight excluding hydrogens is 246 g/mol. The molecule has 0 heterocycles. The van der Waals surface area contributed by atoms with Crippen LogP contribution >= 0.6 is 0 Å². The molecule has 0 aromatic rings. The van der Waals surface area contributed by atoms with Crippen molar-refractivity contribution in [3.05, 3.63) is 0 Å². The van der Waals surface area contributed by atoms with Gasteiger partial charge in [0.25, 0.3) is 0 Å². The first-order chi connectivity index (χ1) is 5.29. The van der Waals surface area contributed by atoms with E-state index in [4.69, 9.17) is 39.6 Å². The van der Waals surface area contributed by atoms with Gasteiger partial charge in [0.2, 0.25) is 0 Å². The zero-order valence-electron chi connectivity index (χ0n) is 7.62. The van der Waals surface area contributed by atoms with E-state index in [-0.39, 0.29) is 54.8 Å². The van der Waals surface area contributed by atoms with Crippen molar-refractivity contribution in [3.63, 3.8) is 0 Å². The molecule has 0 bridgehead atoms. The third-order valence-corrected chi connectivity index (χ3v) is 0.333. The van der Waals surface area contributed by atoms with Crippen LogP contribution in [-0.2, 0) is 36.2 Å². The standard InChI is InChI=1S/2C2H2O4.Fe.2Li/c2*3-1(4)2(5)6;;;/h2*(H,3,4)(H,5,6);;;/q;;+2;2*+1/p-4. The SMILES string of the molecule is O=C([O-])C(=O)[O-].O=C([O-])C(=O)[O-].[Fe+2].[Li+].[Li+]. The van der Waals surface area contributed by atoms with E-state index in [1.54, 1.807) is 0 Å². The third kappa shape index (κ3) is 31.7. The van der Waals surface area contributed by atoms with Crippen molar-refractivity contribution in [2.75, 3.05) is 0 Å². The zero-order valence-corrected chi connectivity index (χ0v) is 8.72. The van der Waals surface area contributed by atoms with Crippen LogP contribution in [0.1, 0.15) is 0 Å². The van der Waals surface area contributed by atoms with Crippen LogP contribution in [0.3, 0.4) is 0 Å². The van der Waals surface area contributed by atoms with Gasteiger partial charge in [0.1, 0.15) is 0 Å². The fourth-order valence-electron chi connectivity index (χ4n) is 0. The molecule has 0 aliphatic rings. The van der Waals surface area contributed by atoms with Crippen molar-refractivity contribution in [2.45, 2.75) is 0 Å². The van der Waals surface area contributed by atoms with Gasteiger partial charge < -0.3 is 39.6 Å². The Morgan fingerprint density at radius 3 is 0.600 bits per heavy atom. The molecule has 0 aliphatic heterocycles. The Morgan fingerprint density at radius 1 is 0.533 bits per heavy atom. The minimum absolute atomic E-state index is 0. The molecular formula is C4FeLi2O8. The van der Waals surface area contributed by atoms with Crippen LogP contribution in [0.15, 0.2) is 0 Å². The van der Waals surface area contributed by atoms with E-state index in [0.717, 1.165) is 0 Å². The molecule has 0 fully saturated rings. The van der Waals surface area contributed by atoms with Crippen molar-refractivity contribution in [1.29, 1.82) is 0 Å². The van der Waals surface area contributed by atoms with E-state index in [1.807, 2.05) is 0 Å².